The van der Waals surface area contributed by atoms with Gasteiger partial charge in [-0.2, -0.15) is 15.2 Å². The molecule has 212 valence electrons. The molecule has 0 aliphatic carbocycles. The number of anilines is 1. The van der Waals surface area contributed by atoms with Gasteiger partial charge in [-0.1, -0.05) is 30.3 Å². The van der Waals surface area contributed by atoms with E-state index in [1.165, 1.54) is 0 Å². The first-order valence-electron chi connectivity index (χ1n) is 14.6. The van der Waals surface area contributed by atoms with Crippen molar-refractivity contribution in [2.45, 2.75) is 55.9 Å². The zero-order chi connectivity index (χ0) is 28.0. The Labute approximate surface area is 239 Å². The molecule has 4 atom stereocenters. The molecule has 0 radical (unpaired) electrons. The van der Waals surface area contributed by atoms with Crippen LogP contribution in [-0.2, 0) is 0 Å². The van der Waals surface area contributed by atoms with Crippen molar-refractivity contribution in [2.24, 2.45) is 0 Å². The zero-order valence-electron chi connectivity index (χ0n) is 23.4. The van der Waals surface area contributed by atoms with Gasteiger partial charge >= 0.3 is 6.01 Å². The number of aromatic nitrogens is 2. The van der Waals surface area contributed by atoms with Crippen molar-refractivity contribution in [3.05, 3.63) is 53.2 Å². The van der Waals surface area contributed by atoms with E-state index >= 15 is 0 Å². The van der Waals surface area contributed by atoms with Gasteiger partial charge in [-0.05, 0) is 66.8 Å². The van der Waals surface area contributed by atoms with Crippen LogP contribution < -0.4 is 19.7 Å². The first-order valence-corrected chi connectivity index (χ1v) is 14.6. The Morgan fingerprint density at radius 1 is 1.15 bits per heavy atom. The largest absolute Gasteiger partial charge is 0.497 e. The molecule has 41 heavy (non-hydrogen) atoms. The van der Waals surface area contributed by atoms with E-state index in [1.54, 1.807) is 7.11 Å². The van der Waals surface area contributed by atoms with Crippen LogP contribution in [0, 0.1) is 11.3 Å². The van der Waals surface area contributed by atoms with Crippen LogP contribution in [0.1, 0.15) is 48.9 Å². The summed E-state index contributed by atoms with van der Waals surface area (Å²) in [7, 11) is 1.66. The third-order valence-corrected chi connectivity index (χ3v) is 9.28. The van der Waals surface area contributed by atoms with Crippen LogP contribution in [0.5, 0.6) is 11.8 Å². The second-order valence-electron chi connectivity index (χ2n) is 11.9. The van der Waals surface area contributed by atoms with Crippen LogP contribution >= 0.6 is 0 Å². The molecule has 0 saturated carbocycles. The number of nitrogens with zero attached hydrogens (tertiary/aromatic N) is 5. The van der Waals surface area contributed by atoms with E-state index in [2.05, 4.69) is 33.3 Å². The number of alkyl halides is 1. The van der Waals surface area contributed by atoms with Gasteiger partial charge in [0.2, 0.25) is 0 Å². The third-order valence-electron chi connectivity index (χ3n) is 9.28. The molecule has 1 aromatic heterocycles. The van der Waals surface area contributed by atoms with Crippen molar-refractivity contribution >= 4 is 28.7 Å². The number of hydrogen-bond donors (Lipinski definition) is 1. The van der Waals surface area contributed by atoms with E-state index in [9.17, 15) is 9.65 Å². The fourth-order valence-electron chi connectivity index (χ4n) is 7.32. The van der Waals surface area contributed by atoms with E-state index in [4.69, 9.17) is 19.4 Å². The molecule has 0 unspecified atom stereocenters. The lowest BCUT2D eigenvalue weighted by Crippen LogP contribution is -2.51. The highest BCUT2D eigenvalue weighted by molar-refractivity contribution is 5.94. The SMILES string of the molecule is COc1cc(/C=C/c2nc(OC[C@@]34CCCN3C[C@H](F)C4)nc(N3C[C@H]4CC[C@@H](C3)N4)c2C#N)c2ccccc2c1. The highest BCUT2D eigenvalue weighted by Gasteiger charge is 2.49. The molecule has 4 aliphatic heterocycles. The molecule has 4 aliphatic rings. The maximum atomic E-state index is 14.4. The van der Waals surface area contributed by atoms with Gasteiger partial charge in [-0.3, -0.25) is 4.90 Å². The smallest absolute Gasteiger partial charge is 0.319 e. The summed E-state index contributed by atoms with van der Waals surface area (Å²) in [6.45, 7) is 3.28. The number of fused-ring (bicyclic) bond motifs is 4. The number of hydrogen-bond acceptors (Lipinski definition) is 8. The van der Waals surface area contributed by atoms with Gasteiger partial charge in [-0.15, -0.1) is 0 Å². The Hall–Kier alpha value is -3.74. The van der Waals surface area contributed by atoms with Crippen LogP contribution in [0.25, 0.3) is 22.9 Å². The quantitative estimate of drug-likeness (QED) is 0.455. The van der Waals surface area contributed by atoms with Gasteiger partial charge in [0.1, 0.15) is 30.2 Å². The fraction of sp³-hybridized carbons (Fsp3) is 0.469. The van der Waals surface area contributed by atoms with E-state index in [0.717, 1.165) is 67.4 Å². The molecule has 4 saturated heterocycles. The van der Waals surface area contributed by atoms with E-state index in [1.807, 2.05) is 36.4 Å². The Morgan fingerprint density at radius 2 is 1.98 bits per heavy atom. The first kappa shape index (κ1) is 26.2. The molecule has 7 rings (SSSR count). The van der Waals surface area contributed by atoms with Crippen LogP contribution in [0.4, 0.5) is 10.2 Å². The lowest BCUT2D eigenvalue weighted by Gasteiger charge is -2.34. The van der Waals surface area contributed by atoms with Crippen molar-refractivity contribution in [1.29, 1.82) is 5.26 Å². The second kappa shape index (κ2) is 10.6. The Kier molecular flexibility index (Phi) is 6.76. The topological polar surface area (TPSA) is 86.5 Å². The number of benzene rings is 2. The van der Waals surface area contributed by atoms with Crippen molar-refractivity contribution in [1.82, 2.24) is 20.2 Å². The molecule has 1 N–H and O–H groups in total. The van der Waals surface area contributed by atoms with Crippen LogP contribution in [0.2, 0.25) is 0 Å². The minimum Gasteiger partial charge on any atom is -0.497 e. The number of ether oxygens (including phenoxy) is 2. The number of nitriles is 1. The Bertz CT molecular complexity index is 1530. The summed E-state index contributed by atoms with van der Waals surface area (Å²) in [4.78, 5) is 14.0. The first-order chi connectivity index (χ1) is 20.0. The standard InChI is InChI=1S/C32H35FN6O2/c1-40-26-13-21-5-2-3-6-27(21)22(14-26)7-10-29-28(16-34)30(38-18-24-8-9-25(19-38)35-24)37-31(36-29)41-20-32-11-4-12-39(32)17-23(33)15-32/h2-3,5-7,10,13-14,23-25,35H,4,8-9,11-12,15,17-20H2,1H3/b10-7+/t23-,24-,25+,32+/m1/s1. The van der Waals surface area contributed by atoms with Gasteiger partial charge in [0, 0.05) is 38.1 Å². The average molecular weight is 555 g/mol. The Morgan fingerprint density at radius 3 is 2.78 bits per heavy atom. The summed E-state index contributed by atoms with van der Waals surface area (Å²) in [6.07, 6.45) is 7.70. The summed E-state index contributed by atoms with van der Waals surface area (Å²) in [5.74, 6) is 1.37. The zero-order valence-corrected chi connectivity index (χ0v) is 23.4. The van der Waals surface area contributed by atoms with E-state index in [-0.39, 0.29) is 11.5 Å². The number of halogens is 1. The van der Waals surface area contributed by atoms with Crippen LogP contribution in [0.3, 0.4) is 0 Å². The third kappa shape index (κ3) is 4.89. The van der Waals surface area contributed by atoms with Gasteiger partial charge in [0.05, 0.1) is 18.3 Å². The lowest BCUT2D eigenvalue weighted by molar-refractivity contribution is 0.107. The number of methoxy groups -OCH3 is 1. The molecule has 8 nitrogen and oxygen atoms in total. The van der Waals surface area contributed by atoms with Crippen LogP contribution in [0.15, 0.2) is 36.4 Å². The minimum atomic E-state index is -0.830. The van der Waals surface area contributed by atoms with Crippen LogP contribution in [-0.4, -0.2) is 78.6 Å². The van der Waals surface area contributed by atoms with Gasteiger partial charge in [0.25, 0.3) is 0 Å². The van der Waals surface area contributed by atoms with Gasteiger partial charge in [-0.25, -0.2) is 4.39 Å². The summed E-state index contributed by atoms with van der Waals surface area (Å²) < 4.78 is 26.3. The normalized spacial score (nSPS) is 27.4. The number of rotatable bonds is 7. The molecule has 2 aromatic carbocycles. The molecular weight excluding hydrogens is 519 g/mol. The molecular formula is C32H35FN6O2. The van der Waals surface area contributed by atoms with Gasteiger partial charge < -0.3 is 19.7 Å². The average Bonchev–Trinajstić information content (AvgIpc) is 3.64. The molecule has 2 bridgehead atoms. The number of nitrogens with one attached hydrogen (secondary N) is 1. The highest BCUT2D eigenvalue weighted by Crippen LogP contribution is 2.40. The number of piperazine rings is 1. The summed E-state index contributed by atoms with van der Waals surface area (Å²) in [5.41, 5.74) is 1.61. The summed E-state index contributed by atoms with van der Waals surface area (Å²) in [6, 6.07) is 15.5. The molecule has 0 amide bonds. The molecule has 5 heterocycles. The molecule has 4 fully saturated rings. The maximum Gasteiger partial charge on any atom is 0.319 e. The van der Waals surface area contributed by atoms with E-state index in [0.29, 0.717) is 48.7 Å². The Balaban J connectivity index is 1.27. The summed E-state index contributed by atoms with van der Waals surface area (Å²) >= 11 is 0. The highest BCUT2D eigenvalue weighted by atomic mass is 19.1. The van der Waals surface area contributed by atoms with Crippen molar-refractivity contribution in [3.63, 3.8) is 0 Å². The predicted molar refractivity (Wildman–Crippen MR) is 157 cm³/mol. The lowest BCUT2D eigenvalue weighted by atomic mass is 9.95. The molecule has 0 spiro atoms. The van der Waals surface area contributed by atoms with Gasteiger partial charge in [0.15, 0.2) is 5.82 Å². The second-order valence-corrected chi connectivity index (χ2v) is 11.9. The fourth-order valence-corrected chi connectivity index (χ4v) is 7.32. The van der Waals surface area contributed by atoms with Crippen molar-refractivity contribution in [3.8, 4) is 17.8 Å². The monoisotopic (exact) mass is 554 g/mol. The van der Waals surface area contributed by atoms with Crippen molar-refractivity contribution in [2.75, 3.05) is 44.8 Å². The van der Waals surface area contributed by atoms with Crippen molar-refractivity contribution < 1.29 is 13.9 Å². The minimum absolute atomic E-state index is 0.239. The maximum absolute atomic E-state index is 14.4. The van der Waals surface area contributed by atoms with E-state index < -0.39 is 6.17 Å². The molecule has 3 aromatic rings. The summed E-state index contributed by atoms with van der Waals surface area (Å²) in [5, 5.41) is 16.2. The molecule has 9 heteroatoms. The predicted octanol–water partition coefficient (Wildman–Crippen LogP) is 4.58.